The highest BCUT2D eigenvalue weighted by atomic mass is 19.1. The number of hydrogen-bond acceptors (Lipinski definition) is 4. The molecule has 0 saturated heterocycles. The molecule has 6 heteroatoms. The van der Waals surface area contributed by atoms with Crippen LogP contribution in [0.4, 0.5) is 10.1 Å². The lowest BCUT2D eigenvalue weighted by atomic mass is 10.1. The first-order valence-electron chi connectivity index (χ1n) is 9.13. The van der Waals surface area contributed by atoms with Gasteiger partial charge in [0.2, 0.25) is 0 Å². The van der Waals surface area contributed by atoms with E-state index in [4.69, 9.17) is 0 Å². The molecule has 1 amide bonds. The van der Waals surface area contributed by atoms with Crippen LogP contribution in [0.1, 0.15) is 40.4 Å². The molecule has 2 N–H and O–H groups in total. The van der Waals surface area contributed by atoms with Crippen LogP contribution in [0.15, 0.2) is 42.6 Å². The fourth-order valence-electron chi connectivity index (χ4n) is 3.06. The van der Waals surface area contributed by atoms with Crippen LogP contribution in [0.25, 0.3) is 10.9 Å². The number of carbonyl (C=O) groups excluding carboxylic acids is 1. The molecule has 2 aromatic carbocycles. The van der Waals surface area contributed by atoms with Crippen molar-refractivity contribution in [1.29, 1.82) is 5.26 Å². The third-order valence-corrected chi connectivity index (χ3v) is 4.44. The summed E-state index contributed by atoms with van der Waals surface area (Å²) in [7, 11) is 0. The SMILES string of the molecule is CCCNC(=O)c1cccc(CNc2c(C#N)cnc3c(C)cc(F)cc23)c1. The van der Waals surface area contributed by atoms with E-state index in [1.165, 1.54) is 18.3 Å². The number of rotatable bonds is 6. The van der Waals surface area contributed by atoms with Gasteiger partial charge < -0.3 is 10.6 Å². The summed E-state index contributed by atoms with van der Waals surface area (Å²) in [6.45, 7) is 4.79. The minimum absolute atomic E-state index is 0.117. The zero-order chi connectivity index (χ0) is 20.1. The van der Waals surface area contributed by atoms with Crippen LogP contribution in [0.2, 0.25) is 0 Å². The summed E-state index contributed by atoms with van der Waals surface area (Å²) in [5.41, 5.74) is 3.69. The Labute approximate surface area is 163 Å². The molecule has 0 saturated carbocycles. The van der Waals surface area contributed by atoms with E-state index in [2.05, 4.69) is 21.7 Å². The molecule has 0 atom stereocenters. The fourth-order valence-corrected chi connectivity index (χ4v) is 3.06. The van der Waals surface area contributed by atoms with Gasteiger partial charge >= 0.3 is 0 Å². The van der Waals surface area contributed by atoms with Gasteiger partial charge in [-0.05, 0) is 48.7 Å². The second-order valence-electron chi connectivity index (χ2n) is 6.59. The average molecular weight is 376 g/mol. The number of pyridine rings is 1. The van der Waals surface area contributed by atoms with Crippen LogP contribution in [0.3, 0.4) is 0 Å². The molecule has 142 valence electrons. The Hall–Kier alpha value is -3.46. The normalized spacial score (nSPS) is 10.5. The summed E-state index contributed by atoms with van der Waals surface area (Å²) in [6.07, 6.45) is 2.36. The maximum Gasteiger partial charge on any atom is 0.251 e. The third kappa shape index (κ3) is 4.09. The molecule has 0 aliphatic heterocycles. The summed E-state index contributed by atoms with van der Waals surface area (Å²) in [6, 6.07) is 12.2. The molecule has 28 heavy (non-hydrogen) atoms. The standard InChI is InChI=1S/C22H21FN4O/c1-3-7-25-22(28)16-6-4-5-15(9-16)12-26-21-17(11-24)13-27-20-14(2)8-18(23)10-19(20)21/h4-6,8-10,13H,3,7,12H2,1-2H3,(H,25,28)(H,26,27). The number of anilines is 1. The molecule has 3 aromatic rings. The highest BCUT2D eigenvalue weighted by molar-refractivity contribution is 5.96. The maximum atomic E-state index is 13.9. The van der Waals surface area contributed by atoms with Gasteiger partial charge in [0.05, 0.1) is 16.8 Å². The second kappa shape index (κ2) is 8.49. The molecular weight excluding hydrogens is 355 g/mol. The largest absolute Gasteiger partial charge is 0.379 e. The summed E-state index contributed by atoms with van der Waals surface area (Å²) in [5.74, 6) is -0.493. The smallest absolute Gasteiger partial charge is 0.251 e. The van der Waals surface area contributed by atoms with Gasteiger partial charge in [-0.25, -0.2) is 4.39 Å². The van der Waals surface area contributed by atoms with Crippen molar-refractivity contribution in [2.75, 3.05) is 11.9 Å². The van der Waals surface area contributed by atoms with Gasteiger partial charge in [0, 0.05) is 30.2 Å². The average Bonchev–Trinajstić information content (AvgIpc) is 2.70. The van der Waals surface area contributed by atoms with E-state index in [9.17, 15) is 14.4 Å². The summed E-state index contributed by atoms with van der Waals surface area (Å²) in [4.78, 5) is 16.4. The van der Waals surface area contributed by atoms with Gasteiger partial charge in [0.15, 0.2) is 0 Å². The van der Waals surface area contributed by atoms with Gasteiger partial charge in [0.1, 0.15) is 11.9 Å². The number of hydrogen-bond donors (Lipinski definition) is 2. The number of nitrogens with zero attached hydrogens (tertiary/aromatic N) is 2. The van der Waals surface area contributed by atoms with Crippen molar-refractivity contribution in [2.45, 2.75) is 26.8 Å². The van der Waals surface area contributed by atoms with E-state index in [0.717, 1.165) is 12.0 Å². The van der Waals surface area contributed by atoms with Crippen molar-refractivity contribution < 1.29 is 9.18 Å². The van der Waals surface area contributed by atoms with Gasteiger partial charge in [-0.2, -0.15) is 5.26 Å². The predicted molar refractivity (Wildman–Crippen MR) is 108 cm³/mol. The van der Waals surface area contributed by atoms with Crippen molar-refractivity contribution in [3.8, 4) is 6.07 Å². The van der Waals surface area contributed by atoms with Gasteiger partial charge in [-0.3, -0.25) is 9.78 Å². The van der Waals surface area contributed by atoms with Crippen molar-refractivity contribution >= 4 is 22.5 Å². The lowest BCUT2D eigenvalue weighted by Crippen LogP contribution is -2.24. The van der Waals surface area contributed by atoms with E-state index in [-0.39, 0.29) is 11.7 Å². The van der Waals surface area contributed by atoms with E-state index in [1.54, 1.807) is 19.1 Å². The molecule has 0 fully saturated rings. The van der Waals surface area contributed by atoms with Gasteiger partial charge in [-0.1, -0.05) is 19.1 Å². The Morgan fingerprint density at radius 1 is 1.29 bits per heavy atom. The molecular formula is C22H21FN4O. The van der Waals surface area contributed by atoms with Crippen LogP contribution in [0, 0.1) is 24.1 Å². The maximum absolute atomic E-state index is 13.9. The molecule has 1 heterocycles. The third-order valence-electron chi connectivity index (χ3n) is 4.44. The lowest BCUT2D eigenvalue weighted by molar-refractivity contribution is 0.0953. The Kier molecular flexibility index (Phi) is 5.85. The van der Waals surface area contributed by atoms with E-state index >= 15 is 0 Å². The predicted octanol–water partition coefficient (Wildman–Crippen LogP) is 4.31. The molecule has 0 spiro atoms. The molecule has 0 radical (unpaired) electrons. The molecule has 0 aliphatic rings. The first-order valence-corrected chi connectivity index (χ1v) is 9.13. The summed E-state index contributed by atoms with van der Waals surface area (Å²) < 4.78 is 13.9. The zero-order valence-electron chi connectivity index (χ0n) is 15.8. The van der Waals surface area contributed by atoms with Crippen LogP contribution in [-0.4, -0.2) is 17.4 Å². The number of nitrogens with one attached hydrogen (secondary N) is 2. The molecule has 1 aromatic heterocycles. The molecule has 0 bridgehead atoms. The Balaban J connectivity index is 1.90. The molecule has 0 unspecified atom stereocenters. The lowest BCUT2D eigenvalue weighted by Gasteiger charge is -2.13. The van der Waals surface area contributed by atoms with Crippen LogP contribution >= 0.6 is 0 Å². The Bertz CT molecular complexity index is 1070. The molecule has 0 aliphatic carbocycles. The number of benzene rings is 2. The van der Waals surface area contributed by atoms with Gasteiger partial charge in [0.25, 0.3) is 5.91 Å². The highest BCUT2D eigenvalue weighted by Crippen LogP contribution is 2.29. The number of fused-ring (bicyclic) bond motifs is 1. The van der Waals surface area contributed by atoms with Crippen molar-refractivity contribution in [2.24, 2.45) is 0 Å². The van der Waals surface area contributed by atoms with Gasteiger partial charge in [-0.15, -0.1) is 0 Å². The quantitative estimate of drug-likeness (QED) is 0.672. The minimum Gasteiger partial charge on any atom is -0.379 e. The Morgan fingerprint density at radius 3 is 2.86 bits per heavy atom. The Morgan fingerprint density at radius 2 is 2.11 bits per heavy atom. The number of amides is 1. The fraction of sp³-hybridized carbons (Fsp3) is 0.227. The number of aromatic nitrogens is 1. The first kappa shape index (κ1) is 19.3. The first-order chi connectivity index (χ1) is 13.5. The number of halogens is 1. The van der Waals surface area contributed by atoms with E-state index < -0.39 is 0 Å². The van der Waals surface area contributed by atoms with Crippen LogP contribution < -0.4 is 10.6 Å². The second-order valence-corrected chi connectivity index (χ2v) is 6.59. The van der Waals surface area contributed by atoms with E-state index in [1.807, 2.05) is 19.1 Å². The summed E-state index contributed by atoms with van der Waals surface area (Å²) >= 11 is 0. The minimum atomic E-state index is -0.375. The summed E-state index contributed by atoms with van der Waals surface area (Å²) in [5, 5.41) is 16.1. The highest BCUT2D eigenvalue weighted by Gasteiger charge is 2.12. The van der Waals surface area contributed by atoms with Crippen molar-refractivity contribution in [3.05, 3.63) is 70.7 Å². The monoisotopic (exact) mass is 376 g/mol. The number of nitriles is 1. The van der Waals surface area contributed by atoms with Crippen molar-refractivity contribution in [1.82, 2.24) is 10.3 Å². The number of carbonyl (C=O) groups is 1. The zero-order valence-corrected chi connectivity index (χ0v) is 15.8. The topological polar surface area (TPSA) is 77.8 Å². The van der Waals surface area contributed by atoms with Crippen LogP contribution in [-0.2, 0) is 6.54 Å². The van der Waals surface area contributed by atoms with Crippen LogP contribution in [0.5, 0.6) is 0 Å². The molecule has 5 nitrogen and oxygen atoms in total. The number of aryl methyl sites for hydroxylation is 1. The van der Waals surface area contributed by atoms with Crippen molar-refractivity contribution in [3.63, 3.8) is 0 Å². The van der Waals surface area contributed by atoms with E-state index in [0.29, 0.717) is 46.4 Å². The molecule has 3 rings (SSSR count).